The molecule has 2 N–H and O–H groups in total. The maximum absolute atomic E-state index is 12.5. The van der Waals surface area contributed by atoms with Crippen LogP contribution in [-0.4, -0.2) is 28.0 Å². The number of aliphatic hydroxyl groups is 1. The minimum absolute atomic E-state index is 0.0870. The van der Waals surface area contributed by atoms with Crippen molar-refractivity contribution < 1.29 is 28.2 Å². The summed E-state index contributed by atoms with van der Waals surface area (Å²) in [6, 6.07) is 0. The summed E-state index contributed by atoms with van der Waals surface area (Å²) in [7, 11) is 0. The third kappa shape index (κ3) is 3.16. The summed E-state index contributed by atoms with van der Waals surface area (Å²) in [6.07, 6.45) is -3.58. The van der Waals surface area contributed by atoms with Crippen molar-refractivity contribution in [1.82, 2.24) is 0 Å². The van der Waals surface area contributed by atoms with Crippen molar-refractivity contribution in [3.63, 3.8) is 0 Å². The molecule has 1 aliphatic rings. The number of alkyl halides is 3. The minimum atomic E-state index is -4.21. The SMILES string of the molecule is CCCC(O)(C(=O)O)C1CCC(C(F)(F)F)CC1. The second-order valence-electron chi connectivity index (χ2n) is 5.07. The highest BCUT2D eigenvalue weighted by molar-refractivity contribution is 5.77. The highest BCUT2D eigenvalue weighted by Crippen LogP contribution is 2.43. The zero-order chi connectivity index (χ0) is 14.0. The number of halogens is 3. The van der Waals surface area contributed by atoms with Gasteiger partial charge in [-0.3, -0.25) is 0 Å². The topological polar surface area (TPSA) is 57.5 Å². The maximum Gasteiger partial charge on any atom is 0.391 e. The summed E-state index contributed by atoms with van der Waals surface area (Å²) in [6.45, 7) is 1.75. The zero-order valence-electron chi connectivity index (χ0n) is 10.3. The second-order valence-corrected chi connectivity index (χ2v) is 5.07. The lowest BCUT2D eigenvalue weighted by Crippen LogP contribution is -2.47. The zero-order valence-corrected chi connectivity index (χ0v) is 10.3. The molecular weight excluding hydrogens is 249 g/mol. The van der Waals surface area contributed by atoms with Crippen LogP contribution in [0, 0.1) is 11.8 Å². The average molecular weight is 268 g/mol. The standard InChI is InChI=1S/C12H19F3O3/c1-2-7-11(18,10(16)17)8-3-5-9(6-4-8)12(13,14)15/h8-9,18H,2-7H2,1H3,(H,16,17). The molecule has 1 atom stereocenters. The molecule has 18 heavy (non-hydrogen) atoms. The maximum atomic E-state index is 12.5. The van der Waals surface area contributed by atoms with E-state index in [0.717, 1.165) is 0 Å². The molecule has 1 saturated carbocycles. The van der Waals surface area contributed by atoms with Crippen molar-refractivity contribution in [3.8, 4) is 0 Å². The molecule has 0 aromatic rings. The minimum Gasteiger partial charge on any atom is -0.479 e. The molecule has 0 aliphatic heterocycles. The van der Waals surface area contributed by atoms with E-state index in [9.17, 15) is 23.1 Å². The molecule has 3 nitrogen and oxygen atoms in total. The molecule has 0 radical (unpaired) electrons. The normalized spacial score (nSPS) is 28.7. The van der Waals surface area contributed by atoms with Gasteiger partial charge < -0.3 is 10.2 Å². The van der Waals surface area contributed by atoms with Gasteiger partial charge in [0.25, 0.3) is 0 Å². The number of rotatable bonds is 4. The van der Waals surface area contributed by atoms with Gasteiger partial charge in [0.15, 0.2) is 5.60 Å². The van der Waals surface area contributed by atoms with Gasteiger partial charge in [0.1, 0.15) is 0 Å². The van der Waals surface area contributed by atoms with E-state index in [1.54, 1.807) is 6.92 Å². The number of carbonyl (C=O) groups is 1. The van der Waals surface area contributed by atoms with E-state index in [4.69, 9.17) is 5.11 Å². The Morgan fingerprint density at radius 3 is 1.94 bits per heavy atom. The molecule has 1 aliphatic carbocycles. The van der Waals surface area contributed by atoms with Crippen LogP contribution in [0.1, 0.15) is 45.4 Å². The fourth-order valence-corrected chi connectivity index (χ4v) is 2.77. The van der Waals surface area contributed by atoms with Gasteiger partial charge in [0, 0.05) is 0 Å². The van der Waals surface area contributed by atoms with Crippen LogP contribution in [0.15, 0.2) is 0 Å². The molecular formula is C12H19F3O3. The monoisotopic (exact) mass is 268 g/mol. The lowest BCUT2D eigenvalue weighted by atomic mass is 9.71. The number of aliphatic carboxylic acids is 1. The van der Waals surface area contributed by atoms with Crippen molar-refractivity contribution in [2.75, 3.05) is 0 Å². The molecule has 0 heterocycles. The van der Waals surface area contributed by atoms with Gasteiger partial charge in [-0.15, -0.1) is 0 Å². The first kappa shape index (κ1) is 15.3. The van der Waals surface area contributed by atoms with E-state index in [-0.39, 0.29) is 32.1 Å². The van der Waals surface area contributed by atoms with Gasteiger partial charge in [-0.05, 0) is 38.0 Å². The molecule has 6 heteroatoms. The van der Waals surface area contributed by atoms with E-state index >= 15 is 0 Å². The van der Waals surface area contributed by atoms with Crippen molar-refractivity contribution >= 4 is 5.97 Å². The molecule has 0 amide bonds. The quantitative estimate of drug-likeness (QED) is 0.824. The molecule has 0 aromatic heterocycles. The molecule has 1 fully saturated rings. The van der Waals surface area contributed by atoms with E-state index in [0.29, 0.717) is 6.42 Å². The van der Waals surface area contributed by atoms with Crippen LogP contribution in [0.4, 0.5) is 13.2 Å². The van der Waals surface area contributed by atoms with Crippen LogP contribution in [0.5, 0.6) is 0 Å². The Balaban J connectivity index is 2.68. The summed E-state index contributed by atoms with van der Waals surface area (Å²) in [5.41, 5.74) is -1.87. The van der Waals surface area contributed by atoms with E-state index in [1.807, 2.05) is 0 Å². The highest BCUT2D eigenvalue weighted by atomic mass is 19.4. The van der Waals surface area contributed by atoms with Gasteiger partial charge in [-0.25, -0.2) is 4.79 Å². The molecule has 0 bridgehead atoms. The van der Waals surface area contributed by atoms with E-state index in [1.165, 1.54) is 0 Å². The van der Waals surface area contributed by atoms with E-state index < -0.39 is 29.6 Å². The molecule has 1 unspecified atom stereocenters. The van der Waals surface area contributed by atoms with Crippen LogP contribution in [0.25, 0.3) is 0 Å². The Kier molecular flexibility index (Phi) is 4.64. The third-order valence-electron chi connectivity index (χ3n) is 3.87. The third-order valence-corrected chi connectivity index (χ3v) is 3.87. The van der Waals surface area contributed by atoms with Crippen LogP contribution < -0.4 is 0 Å². The predicted octanol–water partition coefficient (Wildman–Crippen LogP) is 2.97. The summed E-state index contributed by atoms with van der Waals surface area (Å²) in [5, 5.41) is 19.2. The molecule has 1 rings (SSSR count). The Morgan fingerprint density at radius 2 is 1.61 bits per heavy atom. The lowest BCUT2D eigenvalue weighted by molar-refractivity contribution is -0.192. The van der Waals surface area contributed by atoms with Gasteiger partial charge in [-0.2, -0.15) is 13.2 Å². The molecule has 0 saturated heterocycles. The Morgan fingerprint density at radius 1 is 1.17 bits per heavy atom. The Hall–Kier alpha value is -0.780. The molecule has 106 valence electrons. The Bertz CT molecular complexity index is 295. The largest absolute Gasteiger partial charge is 0.479 e. The van der Waals surface area contributed by atoms with Crippen LogP contribution in [0.2, 0.25) is 0 Å². The number of carboxylic acids is 1. The van der Waals surface area contributed by atoms with Crippen molar-refractivity contribution in [2.45, 2.75) is 57.2 Å². The first-order valence-electron chi connectivity index (χ1n) is 6.24. The number of hydrogen-bond donors (Lipinski definition) is 2. The molecule has 0 aromatic carbocycles. The van der Waals surface area contributed by atoms with Crippen LogP contribution in [0.3, 0.4) is 0 Å². The Labute approximate surface area is 104 Å². The smallest absolute Gasteiger partial charge is 0.391 e. The predicted molar refractivity (Wildman–Crippen MR) is 59.0 cm³/mol. The summed E-state index contributed by atoms with van der Waals surface area (Å²) < 4.78 is 37.5. The lowest BCUT2D eigenvalue weighted by Gasteiger charge is -2.37. The first-order chi connectivity index (χ1) is 8.21. The van der Waals surface area contributed by atoms with Crippen LogP contribution >= 0.6 is 0 Å². The highest BCUT2D eigenvalue weighted by Gasteiger charge is 2.48. The fourth-order valence-electron chi connectivity index (χ4n) is 2.77. The first-order valence-corrected chi connectivity index (χ1v) is 6.24. The van der Waals surface area contributed by atoms with Crippen LogP contribution in [-0.2, 0) is 4.79 Å². The summed E-state index contributed by atoms with van der Waals surface area (Å²) in [4.78, 5) is 11.1. The van der Waals surface area contributed by atoms with Crippen molar-refractivity contribution in [1.29, 1.82) is 0 Å². The van der Waals surface area contributed by atoms with Crippen molar-refractivity contribution in [2.24, 2.45) is 11.8 Å². The number of hydrogen-bond acceptors (Lipinski definition) is 2. The second kappa shape index (κ2) is 5.47. The van der Waals surface area contributed by atoms with Gasteiger partial charge >= 0.3 is 12.1 Å². The fraction of sp³-hybridized carbons (Fsp3) is 0.917. The van der Waals surface area contributed by atoms with Gasteiger partial charge in [0.05, 0.1) is 5.92 Å². The van der Waals surface area contributed by atoms with Gasteiger partial charge in [-0.1, -0.05) is 13.3 Å². The summed E-state index contributed by atoms with van der Waals surface area (Å²) in [5.74, 6) is -3.25. The van der Waals surface area contributed by atoms with Crippen molar-refractivity contribution in [3.05, 3.63) is 0 Å². The van der Waals surface area contributed by atoms with E-state index in [2.05, 4.69) is 0 Å². The molecule has 0 spiro atoms. The summed E-state index contributed by atoms with van der Waals surface area (Å²) >= 11 is 0. The number of carboxylic acid groups (broad SMARTS) is 1. The average Bonchev–Trinajstić information content (AvgIpc) is 2.28. The van der Waals surface area contributed by atoms with Gasteiger partial charge in [0.2, 0.25) is 0 Å².